The molecular weight excluding hydrogens is 454 g/mol. The quantitative estimate of drug-likeness (QED) is 0.176. The van der Waals surface area contributed by atoms with Crippen LogP contribution in [0.2, 0.25) is 5.02 Å². The summed E-state index contributed by atoms with van der Waals surface area (Å²) in [4.78, 5) is 16.3. The van der Waals surface area contributed by atoms with Crippen molar-refractivity contribution in [1.29, 1.82) is 0 Å². The highest BCUT2D eigenvalue weighted by Gasteiger charge is 2.15. The summed E-state index contributed by atoms with van der Waals surface area (Å²) >= 11 is 6.08. The first-order chi connectivity index (χ1) is 15.2. The molecule has 0 heterocycles. The van der Waals surface area contributed by atoms with Gasteiger partial charge in [0.05, 0.1) is 21.7 Å². The molecule has 4 N–H and O–H groups in total. The molecule has 3 aromatic rings. The monoisotopic (exact) mass is 471 g/mol. The van der Waals surface area contributed by atoms with Crippen molar-refractivity contribution in [2.24, 2.45) is 16.5 Å². The predicted octanol–water partition coefficient (Wildman–Crippen LogP) is 3.84. The SMILES string of the molecule is NC(N)=Nc1ccc(C(=O)Oc2cc(OS(=O)(=O)/C=C/c3ccccc3)ccc2Cl)cc1. The van der Waals surface area contributed by atoms with Crippen LogP contribution < -0.4 is 20.4 Å². The molecule has 0 saturated carbocycles. The topological polar surface area (TPSA) is 134 Å². The summed E-state index contributed by atoms with van der Waals surface area (Å²) in [6.07, 6.45) is 1.40. The summed E-state index contributed by atoms with van der Waals surface area (Å²) < 4.78 is 34.8. The van der Waals surface area contributed by atoms with Crippen molar-refractivity contribution in [2.45, 2.75) is 0 Å². The maximum atomic E-state index is 12.4. The largest absolute Gasteiger partial charge is 0.421 e. The van der Waals surface area contributed by atoms with Crippen LogP contribution in [-0.4, -0.2) is 20.3 Å². The van der Waals surface area contributed by atoms with Crippen molar-refractivity contribution >= 4 is 45.4 Å². The van der Waals surface area contributed by atoms with Crippen LogP contribution in [0.5, 0.6) is 11.5 Å². The van der Waals surface area contributed by atoms with Crippen molar-refractivity contribution < 1.29 is 22.1 Å². The zero-order valence-corrected chi connectivity index (χ0v) is 18.1. The van der Waals surface area contributed by atoms with E-state index in [1.54, 1.807) is 24.3 Å². The Kier molecular flexibility index (Phi) is 7.14. The third-order valence-electron chi connectivity index (χ3n) is 3.91. The van der Waals surface area contributed by atoms with E-state index in [0.717, 1.165) is 5.41 Å². The fourth-order valence-electron chi connectivity index (χ4n) is 2.48. The van der Waals surface area contributed by atoms with Crippen LogP contribution in [0.15, 0.2) is 83.2 Å². The number of nitrogens with zero attached hydrogens (tertiary/aromatic N) is 1. The Morgan fingerprint density at radius 1 is 0.969 bits per heavy atom. The minimum atomic E-state index is -4.05. The van der Waals surface area contributed by atoms with Gasteiger partial charge in [-0.1, -0.05) is 41.9 Å². The molecule has 0 spiro atoms. The lowest BCUT2D eigenvalue weighted by atomic mass is 10.2. The molecule has 3 rings (SSSR count). The fraction of sp³-hybridized carbons (Fsp3) is 0. The molecule has 0 radical (unpaired) electrons. The molecule has 0 aromatic heterocycles. The van der Waals surface area contributed by atoms with Crippen molar-refractivity contribution in [3.05, 3.63) is 94.4 Å². The number of rotatable bonds is 7. The Labute approximate surface area is 189 Å². The Balaban J connectivity index is 1.73. The first-order valence-corrected chi connectivity index (χ1v) is 11.0. The first kappa shape index (κ1) is 22.9. The molecule has 0 aliphatic rings. The highest BCUT2D eigenvalue weighted by Crippen LogP contribution is 2.30. The molecule has 0 bridgehead atoms. The lowest BCUT2D eigenvalue weighted by molar-refractivity contribution is 0.0735. The van der Waals surface area contributed by atoms with Gasteiger partial charge in [-0.15, -0.1) is 0 Å². The summed E-state index contributed by atoms with van der Waals surface area (Å²) in [5, 5.41) is 1.03. The van der Waals surface area contributed by atoms with E-state index in [0.29, 0.717) is 11.3 Å². The van der Waals surface area contributed by atoms with Crippen LogP contribution in [0, 0.1) is 0 Å². The molecule has 0 unspecified atom stereocenters. The Bertz CT molecular complexity index is 1270. The molecule has 164 valence electrons. The average molecular weight is 472 g/mol. The van der Waals surface area contributed by atoms with Gasteiger partial charge in [0, 0.05) is 6.07 Å². The summed E-state index contributed by atoms with van der Waals surface area (Å²) in [5.41, 5.74) is 12.0. The van der Waals surface area contributed by atoms with Gasteiger partial charge in [0.1, 0.15) is 5.75 Å². The van der Waals surface area contributed by atoms with Crippen LogP contribution in [0.1, 0.15) is 15.9 Å². The molecule has 0 fully saturated rings. The molecule has 8 nitrogen and oxygen atoms in total. The lowest BCUT2D eigenvalue weighted by Gasteiger charge is -2.09. The van der Waals surface area contributed by atoms with Crippen LogP contribution >= 0.6 is 11.6 Å². The van der Waals surface area contributed by atoms with Gasteiger partial charge in [0.15, 0.2) is 11.7 Å². The van der Waals surface area contributed by atoms with E-state index in [9.17, 15) is 13.2 Å². The van der Waals surface area contributed by atoms with Gasteiger partial charge >= 0.3 is 16.1 Å². The number of hydrogen-bond donors (Lipinski definition) is 2. The van der Waals surface area contributed by atoms with Crippen LogP contribution in [0.25, 0.3) is 6.08 Å². The van der Waals surface area contributed by atoms with E-state index >= 15 is 0 Å². The normalized spacial score (nSPS) is 11.2. The molecule has 0 aliphatic heterocycles. The summed E-state index contributed by atoms with van der Waals surface area (Å²) in [6, 6.07) is 18.8. The van der Waals surface area contributed by atoms with Gasteiger partial charge in [-0.25, -0.2) is 9.79 Å². The number of aliphatic imine (C=N–C) groups is 1. The minimum Gasteiger partial charge on any atom is -0.421 e. The maximum Gasteiger partial charge on any atom is 0.343 e. The van der Waals surface area contributed by atoms with Gasteiger partial charge in [-0.2, -0.15) is 8.42 Å². The highest BCUT2D eigenvalue weighted by molar-refractivity contribution is 7.90. The minimum absolute atomic E-state index is 0.0651. The zero-order chi connectivity index (χ0) is 23.1. The summed E-state index contributed by atoms with van der Waals surface area (Å²) in [5.74, 6) is -0.965. The third-order valence-corrected chi connectivity index (χ3v) is 5.11. The number of esters is 1. The van der Waals surface area contributed by atoms with E-state index in [4.69, 9.17) is 32.0 Å². The van der Waals surface area contributed by atoms with Gasteiger partial charge in [-0.05, 0) is 48.0 Å². The standard InChI is InChI=1S/C22H18ClN3O5S/c23-19-11-10-18(31-32(28,29)13-12-15-4-2-1-3-5-15)14-20(19)30-21(27)16-6-8-17(9-7-16)26-22(24)25/h1-14H,(H4,24,25,26)/b13-12+. The van der Waals surface area contributed by atoms with Crippen molar-refractivity contribution in [3.63, 3.8) is 0 Å². The molecule has 0 aliphatic carbocycles. The Morgan fingerprint density at radius 3 is 2.31 bits per heavy atom. The summed E-state index contributed by atoms with van der Waals surface area (Å²) in [7, 11) is -4.05. The number of guanidine groups is 1. The third kappa shape index (κ3) is 6.59. The van der Waals surface area contributed by atoms with E-state index in [-0.39, 0.29) is 28.0 Å². The van der Waals surface area contributed by atoms with Gasteiger partial charge < -0.3 is 20.4 Å². The number of hydrogen-bond acceptors (Lipinski definition) is 6. The predicted molar refractivity (Wildman–Crippen MR) is 123 cm³/mol. The Hall–Kier alpha value is -3.82. The molecule has 3 aromatic carbocycles. The average Bonchev–Trinajstić information content (AvgIpc) is 2.75. The Morgan fingerprint density at radius 2 is 1.66 bits per heavy atom. The maximum absolute atomic E-state index is 12.4. The van der Waals surface area contributed by atoms with Gasteiger partial charge in [0.25, 0.3) is 0 Å². The van der Waals surface area contributed by atoms with Crippen LogP contribution in [-0.2, 0) is 10.1 Å². The van der Waals surface area contributed by atoms with Crippen LogP contribution in [0.3, 0.4) is 0 Å². The second-order valence-electron chi connectivity index (χ2n) is 6.35. The van der Waals surface area contributed by atoms with E-state index in [2.05, 4.69) is 4.99 Å². The number of ether oxygens (including phenoxy) is 1. The van der Waals surface area contributed by atoms with E-state index in [1.165, 1.54) is 48.5 Å². The van der Waals surface area contributed by atoms with Gasteiger partial charge in [0.2, 0.25) is 0 Å². The lowest BCUT2D eigenvalue weighted by Crippen LogP contribution is -2.21. The van der Waals surface area contributed by atoms with Crippen molar-refractivity contribution in [2.75, 3.05) is 0 Å². The number of carbonyl (C=O) groups excluding carboxylic acids is 1. The van der Waals surface area contributed by atoms with E-state index in [1.807, 2.05) is 6.07 Å². The molecule has 32 heavy (non-hydrogen) atoms. The van der Waals surface area contributed by atoms with Gasteiger partial charge in [-0.3, -0.25) is 0 Å². The number of carbonyl (C=O) groups is 1. The second-order valence-corrected chi connectivity index (χ2v) is 8.19. The molecule has 0 saturated heterocycles. The second kappa shape index (κ2) is 9.99. The van der Waals surface area contributed by atoms with Crippen molar-refractivity contribution in [3.8, 4) is 11.5 Å². The molecule has 0 atom stereocenters. The van der Waals surface area contributed by atoms with Crippen molar-refractivity contribution in [1.82, 2.24) is 0 Å². The number of nitrogens with two attached hydrogens (primary N) is 2. The zero-order valence-electron chi connectivity index (χ0n) is 16.5. The van der Waals surface area contributed by atoms with Crippen LogP contribution in [0.4, 0.5) is 5.69 Å². The summed E-state index contributed by atoms with van der Waals surface area (Å²) in [6.45, 7) is 0. The first-order valence-electron chi connectivity index (χ1n) is 9.11. The molecule has 10 heteroatoms. The van der Waals surface area contributed by atoms with E-state index < -0.39 is 16.1 Å². The smallest absolute Gasteiger partial charge is 0.343 e. The molecular formula is C22H18ClN3O5S. The fourth-order valence-corrected chi connectivity index (χ4v) is 3.39. The number of benzene rings is 3. The highest BCUT2D eigenvalue weighted by atomic mass is 35.5. The molecule has 0 amide bonds. The number of halogens is 1.